The number of benzene rings is 2. The van der Waals surface area contributed by atoms with Crippen LogP contribution < -0.4 is 57.1 Å². The van der Waals surface area contributed by atoms with Crippen LogP contribution in [-0.2, 0) is 18.9 Å². The highest BCUT2D eigenvalue weighted by Gasteiger charge is 2.23. The summed E-state index contributed by atoms with van der Waals surface area (Å²) >= 11 is 0. The number of aryl methyl sites for hydroxylation is 2. The first kappa shape index (κ1) is 24.5. The minimum atomic E-state index is 0. The molecule has 3 nitrogen and oxygen atoms in total. The zero-order valence-corrected chi connectivity index (χ0v) is 22.4. The number of pyridine rings is 2. The van der Waals surface area contributed by atoms with Crippen molar-refractivity contribution in [1.29, 1.82) is 0 Å². The van der Waals surface area contributed by atoms with Crippen LogP contribution in [0.3, 0.4) is 0 Å². The highest BCUT2D eigenvalue weighted by Crippen LogP contribution is 2.30. The van der Waals surface area contributed by atoms with Crippen molar-refractivity contribution in [2.24, 2.45) is 14.1 Å². The number of aromatic nitrogens is 2. The fourth-order valence-electron chi connectivity index (χ4n) is 4.33. The first-order chi connectivity index (χ1) is 14.6. The van der Waals surface area contributed by atoms with Crippen LogP contribution in [0.5, 0.6) is 0 Å². The molecule has 162 valence electrons. The number of rotatable bonds is 2. The third-order valence-corrected chi connectivity index (χ3v) is 5.96. The fraction of sp³-hybridized carbons (Fsp3) is 0.148. The summed E-state index contributed by atoms with van der Waals surface area (Å²) in [5.41, 5.74) is 6.32. The lowest BCUT2D eigenvalue weighted by molar-refractivity contribution is -0.645. The van der Waals surface area contributed by atoms with Crippen LogP contribution in [0.25, 0.3) is 34.0 Å². The predicted molar refractivity (Wildman–Crippen MR) is 120 cm³/mol. The Kier molecular flexibility index (Phi) is 7.82. The summed E-state index contributed by atoms with van der Waals surface area (Å²) < 4.78 is 4.22. The van der Waals surface area contributed by atoms with Crippen LogP contribution >= 0.6 is 0 Å². The molecule has 0 atom stereocenters. The van der Waals surface area contributed by atoms with Crippen LogP contribution in [0.15, 0.2) is 84.2 Å². The van der Waals surface area contributed by atoms with Gasteiger partial charge < -0.3 is 48.0 Å². The van der Waals surface area contributed by atoms with Crippen molar-refractivity contribution in [3.8, 4) is 0 Å². The van der Waals surface area contributed by atoms with E-state index < -0.39 is 0 Å². The van der Waals surface area contributed by atoms with Gasteiger partial charge in [0.15, 0.2) is 18.2 Å². The first-order valence-corrected chi connectivity index (χ1v) is 10.3. The van der Waals surface area contributed by atoms with Crippen molar-refractivity contribution < 1.29 is 61.9 Å². The molecule has 5 rings (SSSR count). The molecule has 1 aliphatic rings. The lowest BCUT2D eigenvalue weighted by Gasteiger charge is -2.01. The lowest BCUT2D eigenvalue weighted by atomic mass is 10.0. The number of fused-ring (bicyclic) bond motifs is 2. The summed E-state index contributed by atoms with van der Waals surface area (Å²) in [5, 5.41) is 2.36. The average molecular weight is 646 g/mol. The van der Waals surface area contributed by atoms with Gasteiger partial charge in [0.2, 0.25) is 11.0 Å². The number of hydrogen-bond acceptors (Lipinski definition) is 1. The Hall–Kier alpha value is -2.13. The van der Waals surface area contributed by atoms with E-state index in [2.05, 4.69) is 69.8 Å². The number of Topliss-reactive ketones (excluding diaryl/α,β-unsaturated/α-hetero) is 1. The molecule has 0 saturated heterocycles. The van der Waals surface area contributed by atoms with Crippen LogP contribution in [0.2, 0.25) is 0 Å². The molecule has 2 aromatic carbocycles. The minimum absolute atomic E-state index is 0. The van der Waals surface area contributed by atoms with Crippen LogP contribution in [0.4, 0.5) is 0 Å². The maximum absolute atomic E-state index is 13.0. The number of halogens is 2. The Morgan fingerprint density at radius 3 is 1.56 bits per heavy atom. The van der Waals surface area contributed by atoms with Crippen molar-refractivity contribution in [2.45, 2.75) is 12.8 Å². The van der Waals surface area contributed by atoms with Crippen molar-refractivity contribution in [2.75, 3.05) is 0 Å². The van der Waals surface area contributed by atoms with Crippen LogP contribution in [-0.4, -0.2) is 5.78 Å². The third kappa shape index (κ3) is 4.78. The Labute approximate surface area is 222 Å². The van der Waals surface area contributed by atoms with E-state index in [0.29, 0.717) is 0 Å². The molecule has 0 N–H and O–H groups in total. The van der Waals surface area contributed by atoms with Gasteiger partial charge in [0.05, 0.1) is 0 Å². The van der Waals surface area contributed by atoms with Crippen molar-refractivity contribution >= 4 is 39.7 Å². The second-order valence-electron chi connectivity index (χ2n) is 8.04. The van der Waals surface area contributed by atoms with E-state index in [-0.39, 0.29) is 53.7 Å². The molecule has 5 heteroatoms. The van der Waals surface area contributed by atoms with Gasteiger partial charge in [0.1, 0.15) is 14.1 Å². The molecule has 2 heterocycles. The molecular weight excluding hydrogens is 622 g/mol. The molecule has 1 fully saturated rings. The van der Waals surface area contributed by atoms with Gasteiger partial charge in [-0.25, -0.2) is 9.13 Å². The fourth-order valence-corrected chi connectivity index (χ4v) is 4.33. The molecule has 0 bridgehead atoms. The maximum atomic E-state index is 13.0. The van der Waals surface area contributed by atoms with Gasteiger partial charge in [0.25, 0.3) is 0 Å². The molecule has 2 aromatic heterocycles. The maximum Gasteiger partial charge on any atom is 0.212 e. The van der Waals surface area contributed by atoms with Gasteiger partial charge in [-0.2, -0.15) is 0 Å². The van der Waals surface area contributed by atoms with E-state index in [1.807, 2.05) is 38.6 Å². The summed E-state index contributed by atoms with van der Waals surface area (Å²) in [4.78, 5) is 13.0. The Morgan fingerprint density at radius 1 is 0.688 bits per heavy atom. The smallest absolute Gasteiger partial charge is 0.212 e. The summed E-state index contributed by atoms with van der Waals surface area (Å²) in [5.74, 6) is 0.174. The van der Waals surface area contributed by atoms with Gasteiger partial charge in [-0.1, -0.05) is 0 Å². The van der Waals surface area contributed by atoms with Crippen molar-refractivity contribution in [3.05, 3.63) is 95.3 Å². The molecule has 0 unspecified atom stereocenters. The highest BCUT2D eigenvalue weighted by atomic mass is 127. The van der Waals surface area contributed by atoms with Gasteiger partial charge in [-0.3, -0.25) is 4.79 Å². The largest absolute Gasteiger partial charge is 1.00 e. The summed E-state index contributed by atoms with van der Waals surface area (Å²) in [7, 11) is 4.09. The number of nitrogens with zero attached hydrogens (tertiary/aromatic N) is 2. The average Bonchev–Trinajstić information content (AvgIpc) is 3.07. The second kappa shape index (κ2) is 10.2. The molecule has 0 spiro atoms. The van der Waals surface area contributed by atoms with Gasteiger partial charge in [-0.05, 0) is 72.5 Å². The number of allylic oxidation sites excluding steroid dienone is 2. The Bertz CT molecular complexity index is 1280. The quantitative estimate of drug-likeness (QED) is 0.148. The molecule has 0 aliphatic heterocycles. The molecule has 1 aliphatic carbocycles. The molecular formula is C27H24I2N2O. The summed E-state index contributed by atoms with van der Waals surface area (Å²) in [6.07, 6.45) is 9.79. The molecule has 1 saturated carbocycles. The molecule has 0 amide bonds. The number of ketones is 1. The van der Waals surface area contributed by atoms with E-state index in [9.17, 15) is 4.79 Å². The van der Waals surface area contributed by atoms with E-state index in [4.69, 9.17) is 0 Å². The zero-order chi connectivity index (χ0) is 20.7. The minimum Gasteiger partial charge on any atom is -1.00 e. The molecule has 32 heavy (non-hydrogen) atoms. The third-order valence-electron chi connectivity index (χ3n) is 5.96. The van der Waals surface area contributed by atoms with Gasteiger partial charge in [0, 0.05) is 46.2 Å². The van der Waals surface area contributed by atoms with E-state index >= 15 is 0 Å². The normalized spacial score (nSPS) is 15.9. The monoisotopic (exact) mass is 646 g/mol. The first-order valence-electron chi connectivity index (χ1n) is 10.3. The van der Waals surface area contributed by atoms with Gasteiger partial charge >= 0.3 is 0 Å². The van der Waals surface area contributed by atoms with Crippen molar-refractivity contribution in [1.82, 2.24) is 0 Å². The standard InChI is InChI=1S/C27H24N2O.2HI/c1-28-13-3-5-21-15-19(7-11-25(21)28)17-23-9-10-24(27(23)30)18-20-8-12-26-22(16-20)6-4-14-29(26)2;;/h3-8,11-18H,9-10H2,1-2H3;2*1H/q+2;;/p-2/b23-17+,24-18+;;. The summed E-state index contributed by atoms with van der Waals surface area (Å²) in [6, 6.07) is 21.0. The Balaban J connectivity index is 0.00000144. The zero-order valence-electron chi connectivity index (χ0n) is 18.1. The van der Waals surface area contributed by atoms with Crippen LogP contribution in [0, 0.1) is 0 Å². The van der Waals surface area contributed by atoms with Gasteiger partial charge in [-0.15, -0.1) is 0 Å². The second-order valence-corrected chi connectivity index (χ2v) is 8.04. The Morgan fingerprint density at radius 2 is 1.12 bits per heavy atom. The number of hydrogen-bond donors (Lipinski definition) is 0. The van der Waals surface area contributed by atoms with Crippen molar-refractivity contribution in [3.63, 3.8) is 0 Å². The van der Waals surface area contributed by atoms with E-state index in [0.717, 1.165) is 35.1 Å². The van der Waals surface area contributed by atoms with E-state index in [1.54, 1.807) is 0 Å². The number of carbonyl (C=O) groups excluding carboxylic acids is 1. The molecule has 0 radical (unpaired) electrons. The summed E-state index contributed by atoms with van der Waals surface area (Å²) in [6.45, 7) is 0. The highest BCUT2D eigenvalue weighted by molar-refractivity contribution is 6.15. The van der Waals surface area contributed by atoms with Crippen LogP contribution in [0.1, 0.15) is 24.0 Å². The molecule has 4 aromatic rings. The predicted octanol–water partition coefficient (Wildman–Crippen LogP) is -1.52. The topological polar surface area (TPSA) is 24.8 Å². The SMILES string of the molecule is C[n+]1cccc2cc(/C=C3\CC/C(=C\c4ccc5c(ccc[n+]5C)c4)C3=O)ccc21.[I-].[I-]. The van der Waals surface area contributed by atoms with E-state index in [1.165, 1.54) is 21.8 Å². The lowest BCUT2D eigenvalue weighted by Crippen LogP contribution is -3.00. The number of carbonyl (C=O) groups is 1.